The molecular formula is C11H18ClN3O. The van der Waals surface area contributed by atoms with Crippen molar-refractivity contribution in [2.75, 3.05) is 13.1 Å². The van der Waals surface area contributed by atoms with Gasteiger partial charge in [0.05, 0.1) is 18.3 Å². The van der Waals surface area contributed by atoms with Crippen molar-refractivity contribution in [3.63, 3.8) is 0 Å². The summed E-state index contributed by atoms with van der Waals surface area (Å²) in [7, 11) is 1.92. The highest BCUT2D eigenvalue weighted by Crippen LogP contribution is 2.22. The molecule has 0 amide bonds. The first-order valence-corrected chi connectivity index (χ1v) is 5.96. The van der Waals surface area contributed by atoms with Crippen LogP contribution in [-0.2, 0) is 13.6 Å². The van der Waals surface area contributed by atoms with Crippen LogP contribution < -0.4 is 0 Å². The fourth-order valence-corrected chi connectivity index (χ4v) is 2.11. The predicted molar refractivity (Wildman–Crippen MR) is 63.4 cm³/mol. The molecule has 0 aliphatic carbocycles. The molecular weight excluding hydrogens is 226 g/mol. The van der Waals surface area contributed by atoms with Crippen molar-refractivity contribution in [3.05, 3.63) is 17.2 Å². The smallest absolute Gasteiger partial charge is 0.128 e. The Hall–Kier alpha value is -0.580. The van der Waals surface area contributed by atoms with E-state index in [0.29, 0.717) is 5.15 Å². The summed E-state index contributed by atoms with van der Waals surface area (Å²) in [6, 6.07) is 0. The molecule has 90 valence electrons. The average molecular weight is 244 g/mol. The minimum Gasteiger partial charge on any atom is -0.390 e. The molecule has 0 radical (unpaired) electrons. The zero-order chi connectivity index (χ0) is 11.8. The third-order valence-corrected chi connectivity index (χ3v) is 3.68. The Morgan fingerprint density at radius 1 is 1.50 bits per heavy atom. The monoisotopic (exact) mass is 243 g/mol. The lowest BCUT2D eigenvalue weighted by Gasteiger charge is -2.35. The van der Waals surface area contributed by atoms with Gasteiger partial charge in [0.2, 0.25) is 0 Å². The molecule has 2 rings (SSSR count). The molecule has 16 heavy (non-hydrogen) atoms. The highest BCUT2D eigenvalue weighted by molar-refractivity contribution is 6.29. The molecule has 2 heterocycles. The first kappa shape index (κ1) is 11.9. The normalized spacial score (nSPS) is 21.2. The Balaban J connectivity index is 1.94. The molecule has 5 heteroatoms. The highest BCUT2D eigenvalue weighted by atomic mass is 35.5. The van der Waals surface area contributed by atoms with Crippen LogP contribution in [0.25, 0.3) is 0 Å². The number of aliphatic hydroxyl groups is 1. The van der Waals surface area contributed by atoms with E-state index in [-0.39, 0.29) is 0 Å². The zero-order valence-corrected chi connectivity index (χ0v) is 10.5. The average Bonchev–Trinajstić information content (AvgIpc) is 2.53. The van der Waals surface area contributed by atoms with Crippen LogP contribution in [0, 0.1) is 0 Å². The summed E-state index contributed by atoms with van der Waals surface area (Å²) in [5.41, 5.74) is -0.490. The van der Waals surface area contributed by atoms with Crippen LogP contribution in [0.4, 0.5) is 0 Å². The SMILES string of the molecule is Cn1c(Cl)cnc1CN1CCC(C)(O)CC1. The van der Waals surface area contributed by atoms with Gasteiger partial charge in [0.25, 0.3) is 0 Å². The highest BCUT2D eigenvalue weighted by Gasteiger charge is 2.27. The van der Waals surface area contributed by atoms with Crippen LogP contribution in [0.5, 0.6) is 0 Å². The van der Waals surface area contributed by atoms with Crippen LogP contribution in [0.3, 0.4) is 0 Å². The lowest BCUT2D eigenvalue weighted by Crippen LogP contribution is -2.42. The second kappa shape index (κ2) is 4.35. The van der Waals surface area contributed by atoms with Gasteiger partial charge in [0.15, 0.2) is 0 Å². The molecule has 4 nitrogen and oxygen atoms in total. The minimum atomic E-state index is -0.490. The largest absolute Gasteiger partial charge is 0.390 e. The Morgan fingerprint density at radius 3 is 2.62 bits per heavy atom. The van der Waals surface area contributed by atoms with E-state index >= 15 is 0 Å². The molecule has 1 saturated heterocycles. The molecule has 0 spiro atoms. The number of aromatic nitrogens is 2. The van der Waals surface area contributed by atoms with E-state index in [9.17, 15) is 5.11 Å². The number of piperidine rings is 1. The number of halogens is 1. The third kappa shape index (κ3) is 2.56. The van der Waals surface area contributed by atoms with Gasteiger partial charge in [-0.15, -0.1) is 0 Å². The minimum absolute atomic E-state index is 0.490. The van der Waals surface area contributed by atoms with E-state index in [0.717, 1.165) is 38.3 Å². The number of imidazole rings is 1. The Kier molecular flexibility index (Phi) is 3.24. The number of hydrogen-bond donors (Lipinski definition) is 1. The van der Waals surface area contributed by atoms with E-state index in [2.05, 4.69) is 9.88 Å². The van der Waals surface area contributed by atoms with Crippen molar-refractivity contribution >= 4 is 11.6 Å². The van der Waals surface area contributed by atoms with Gasteiger partial charge >= 0.3 is 0 Å². The first-order valence-electron chi connectivity index (χ1n) is 5.59. The molecule has 0 bridgehead atoms. The molecule has 1 aromatic heterocycles. The Bertz CT molecular complexity index is 365. The number of rotatable bonds is 2. The molecule has 0 saturated carbocycles. The van der Waals surface area contributed by atoms with E-state index in [1.165, 1.54) is 0 Å². The summed E-state index contributed by atoms with van der Waals surface area (Å²) >= 11 is 5.93. The van der Waals surface area contributed by atoms with Gasteiger partial charge in [-0.3, -0.25) is 4.90 Å². The van der Waals surface area contributed by atoms with Crippen LogP contribution in [0.1, 0.15) is 25.6 Å². The maximum atomic E-state index is 9.85. The van der Waals surface area contributed by atoms with Gasteiger partial charge in [-0.2, -0.15) is 0 Å². The van der Waals surface area contributed by atoms with Crippen LogP contribution in [0.15, 0.2) is 6.20 Å². The van der Waals surface area contributed by atoms with E-state index in [1.54, 1.807) is 6.20 Å². The first-order chi connectivity index (χ1) is 7.48. The van der Waals surface area contributed by atoms with Gasteiger partial charge in [0.1, 0.15) is 11.0 Å². The number of nitrogens with zero attached hydrogens (tertiary/aromatic N) is 3. The second-order valence-electron chi connectivity index (χ2n) is 4.83. The van der Waals surface area contributed by atoms with Gasteiger partial charge < -0.3 is 9.67 Å². The Morgan fingerprint density at radius 2 is 2.12 bits per heavy atom. The quantitative estimate of drug-likeness (QED) is 0.854. The second-order valence-corrected chi connectivity index (χ2v) is 5.22. The fourth-order valence-electron chi connectivity index (χ4n) is 1.96. The fraction of sp³-hybridized carbons (Fsp3) is 0.727. The van der Waals surface area contributed by atoms with Crippen molar-refractivity contribution in [2.45, 2.75) is 31.9 Å². The lowest BCUT2D eigenvalue weighted by atomic mass is 9.94. The molecule has 0 aromatic carbocycles. The van der Waals surface area contributed by atoms with E-state index in [4.69, 9.17) is 11.6 Å². The van der Waals surface area contributed by atoms with Crippen LogP contribution in [0.2, 0.25) is 5.15 Å². The molecule has 1 aliphatic heterocycles. The van der Waals surface area contributed by atoms with Gasteiger partial charge in [0, 0.05) is 20.1 Å². The number of hydrogen-bond acceptors (Lipinski definition) is 3. The van der Waals surface area contributed by atoms with Crippen LogP contribution >= 0.6 is 11.6 Å². The summed E-state index contributed by atoms with van der Waals surface area (Å²) in [6.45, 7) is 4.54. The van der Waals surface area contributed by atoms with Crippen molar-refractivity contribution in [3.8, 4) is 0 Å². The molecule has 1 aromatic rings. The molecule has 1 aliphatic rings. The maximum absolute atomic E-state index is 9.85. The van der Waals surface area contributed by atoms with Crippen LogP contribution in [-0.4, -0.2) is 38.2 Å². The van der Waals surface area contributed by atoms with Crippen molar-refractivity contribution in [2.24, 2.45) is 7.05 Å². The summed E-state index contributed by atoms with van der Waals surface area (Å²) in [5, 5.41) is 10.5. The summed E-state index contributed by atoms with van der Waals surface area (Å²) in [6.07, 6.45) is 3.33. The molecule has 1 fully saturated rings. The van der Waals surface area contributed by atoms with Gasteiger partial charge in [-0.25, -0.2) is 4.98 Å². The third-order valence-electron chi connectivity index (χ3n) is 3.33. The van der Waals surface area contributed by atoms with Crippen molar-refractivity contribution in [1.29, 1.82) is 0 Å². The zero-order valence-electron chi connectivity index (χ0n) is 9.78. The molecule has 1 N–H and O–H groups in total. The van der Waals surface area contributed by atoms with Gasteiger partial charge in [-0.05, 0) is 19.8 Å². The summed E-state index contributed by atoms with van der Waals surface area (Å²) in [4.78, 5) is 6.57. The lowest BCUT2D eigenvalue weighted by molar-refractivity contribution is -0.00803. The topological polar surface area (TPSA) is 41.3 Å². The molecule has 0 unspecified atom stereocenters. The van der Waals surface area contributed by atoms with E-state index in [1.807, 2.05) is 18.5 Å². The number of likely N-dealkylation sites (tertiary alicyclic amines) is 1. The Labute approximate surface area is 101 Å². The summed E-state index contributed by atoms with van der Waals surface area (Å²) in [5.74, 6) is 0.978. The van der Waals surface area contributed by atoms with Crippen molar-refractivity contribution in [1.82, 2.24) is 14.5 Å². The standard InChI is InChI=1S/C11H18ClN3O/c1-11(16)3-5-15(6-4-11)8-10-13-7-9(12)14(10)2/h7,16H,3-6,8H2,1-2H3. The van der Waals surface area contributed by atoms with Crippen molar-refractivity contribution < 1.29 is 5.11 Å². The van der Waals surface area contributed by atoms with Gasteiger partial charge in [-0.1, -0.05) is 11.6 Å². The predicted octanol–water partition coefficient (Wildman–Crippen LogP) is 1.42. The maximum Gasteiger partial charge on any atom is 0.128 e. The van der Waals surface area contributed by atoms with E-state index < -0.39 is 5.60 Å². The summed E-state index contributed by atoms with van der Waals surface area (Å²) < 4.78 is 1.90. The molecule has 0 atom stereocenters.